The highest BCUT2D eigenvalue weighted by Crippen LogP contribution is 2.38. The van der Waals surface area contributed by atoms with Gasteiger partial charge in [0.25, 0.3) is 0 Å². The lowest BCUT2D eigenvalue weighted by Gasteiger charge is -2.06. The van der Waals surface area contributed by atoms with Crippen molar-refractivity contribution in [1.29, 1.82) is 0 Å². The molecule has 1 aromatic carbocycles. The molecular formula is C19H15BrO4S2. The molecule has 1 N–H and O–H groups in total. The van der Waals surface area contributed by atoms with E-state index in [0.717, 1.165) is 35.8 Å². The quantitative estimate of drug-likeness (QED) is 0.520. The van der Waals surface area contributed by atoms with Crippen LogP contribution >= 0.6 is 38.6 Å². The number of aliphatic carboxylic acids is 1. The number of carbonyl (C=O) groups is 2. The molecule has 0 spiro atoms. The van der Waals surface area contributed by atoms with Gasteiger partial charge >= 0.3 is 11.9 Å². The van der Waals surface area contributed by atoms with Crippen molar-refractivity contribution in [2.45, 2.75) is 12.8 Å². The van der Waals surface area contributed by atoms with Gasteiger partial charge < -0.3 is 9.84 Å². The second-order valence-electron chi connectivity index (χ2n) is 5.58. The van der Waals surface area contributed by atoms with E-state index in [2.05, 4.69) is 15.9 Å². The van der Waals surface area contributed by atoms with E-state index < -0.39 is 5.97 Å². The Balaban J connectivity index is 1.90. The number of carboxylic acids is 1. The summed E-state index contributed by atoms with van der Waals surface area (Å²) in [6.45, 7) is 0. The first-order chi connectivity index (χ1) is 12.5. The maximum absolute atomic E-state index is 11.6. The number of carbonyl (C=O) groups excluding carboxylic acids is 1. The van der Waals surface area contributed by atoms with Gasteiger partial charge in [-0.15, -0.1) is 22.7 Å². The van der Waals surface area contributed by atoms with Crippen molar-refractivity contribution in [2.75, 3.05) is 7.11 Å². The minimum absolute atomic E-state index is 0.00656. The molecule has 3 aromatic rings. The molecule has 0 bridgehead atoms. The number of rotatable bonds is 6. The summed E-state index contributed by atoms with van der Waals surface area (Å²) >= 11 is 6.54. The normalized spacial score (nSPS) is 10.7. The molecule has 3 rings (SSSR count). The van der Waals surface area contributed by atoms with Gasteiger partial charge in [0.15, 0.2) is 0 Å². The molecule has 0 unspecified atom stereocenters. The van der Waals surface area contributed by atoms with Crippen LogP contribution in [0.25, 0.3) is 20.9 Å². The van der Waals surface area contributed by atoms with E-state index in [1.807, 2.05) is 41.8 Å². The number of hydrogen-bond donors (Lipinski definition) is 1. The van der Waals surface area contributed by atoms with Gasteiger partial charge in [0, 0.05) is 9.75 Å². The first kappa shape index (κ1) is 18.8. The van der Waals surface area contributed by atoms with Crippen LogP contribution < -0.4 is 0 Å². The zero-order valence-corrected chi connectivity index (χ0v) is 17.0. The third-order valence-corrected chi connectivity index (χ3v) is 6.57. The van der Waals surface area contributed by atoms with Crippen molar-refractivity contribution in [3.8, 4) is 20.9 Å². The first-order valence-electron chi connectivity index (χ1n) is 7.72. The minimum Gasteiger partial charge on any atom is -0.481 e. The predicted molar refractivity (Wildman–Crippen MR) is 108 cm³/mol. The summed E-state index contributed by atoms with van der Waals surface area (Å²) in [5.74, 6) is -1.11. The van der Waals surface area contributed by atoms with Crippen molar-refractivity contribution in [3.05, 3.63) is 56.7 Å². The molecule has 0 radical (unpaired) electrons. The van der Waals surface area contributed by atoms with E-state index in [-0.39, 0.29) is 18.8 Å². The summed E-state index contributed by atoms with van der Waals surface area (Å²) in [6, 6.07) is 11.8. The fourth-order valence-corrected chi connectivity index (χ4v) is 5.27. The van der Waals surface area contributed by atoms with Crippen molar-refractivity contribution in [1.82, 2.24) is 0 Å². The van der Waals surface area contributed by atoms with Crippen LogP contribution in [0.1, 0.15) is 11.1 Å². The molecule has 2 heterocycles. The van der Waals surface area contributed by atoms with E-state index in [9.17, 15) is 9.59 Å². The van der Waals surface area contributed by atoms with Crippen molar-refractivity contribution in [3.63, 3.8) is 0 Å². The number of halogens is 1. The van der Waals surface area contributed by atoms with Crippen LogP contribution in [0.15, 0.2) is 45.6 Å². The summed E-state index contributed by atoms with van der Waals surface area (Å²) in [5, 5.41) is 11.1. The Bertz CT molecular complexity index is 941. The van der Waals surface area contributed by atoms with E-state index in [0.29, 0.717) is 0 Å². The summed E-state index contributed by atoms with van der Waals surface area (Å²) in [5.41, 5.74) is 3.74. The summed E-state index contributed by atoms with van der Waals surface area (Å²) in [7, 11) is 1.39. The smallest absolute Gasteiger partial charge is 0.310 e. The monoisotopic (exact) mass is 450 g/mol. The van der Waals surface area contributed by atoms with Gasteiger partial charge in [-0.25, -0.2) is 0 Å². The average Bonchev–Trinajstić information content (AvgIpc) is 3.21. The standard InChI is InChI=1S/C19H15BrO4S2/c1-24-17(23)10-13-6-7-25-18(13)11-2-4-12(5-3-11)19-14(9-16(21)22)8-15(20)26-19/h2-8H,9-10H2,1H3,(H,21,22). The van der Waals surface area contributed by atoms with Gasteiger partial charge in [0.05, 0.1) is 23.7 Å². The highest BCUT2D eigenvalue weighted by atomic mass is 79.9. The Kier molecular flexibility index (Phi) is 5.90. The SMILES string of the molecule is COC(=O)Cc1ccsc1-c1ccc(-c2sc(Br)cc2CC(=O)O)cc1. The molecule has 4 nitrogen and oxygen atoms in total. The first-order valence-corrected chi connectivity index (χ1v) is 10.2. The number of benzene rings is 1. The van der Waals surface area contributed by atoms with Crippen LogP contribution in [0.4, 0.5) is 0 Å². The molecule has 0 amide bonds. The zero-order valence-electron chi connectivity index (χ0n) is 13.8. The van der Waals surface area contributed by atoms with E-state index in [4.69, 9.17) is 9.84 Å². The van der Waals surface area contributed by atoms with Crippen LogP contribution in [0.5, 0.6) is 0 Å². The summed E-state index contributed by atoms with van der Waals surface area (Å²) in [4.78, 5) is 24.6. The summed E-state index contributed by atoms with van der Waals surface area (Å²) in [6.07, 6.45) is 0.241. The molecule has 7 heteroatoms. The molecule has 0 aliphatic rings. The number of methoxy groups -OCH3 is 1. The van der Waals surface area contributed by atoms with E-state index >= 15 is 0 Å². The van der Waals surface area contributed by atoms with Crippen molar-refractivity contribution in [2.24, 2.45) is 0 Å². The van der Waals surface area contributed by atoms with Crippen molar-refractivity contribution < 1.29 is 19.4 Å². The Labute approximate surface area is 167 Å². The lowest BCUT2D eigenvalue weighted by Crippen LogP contribution is -2.04. The number of thiophene rings is 2. The molecule has 0 fully saturated rings. The van der Waals surface area contributed by atoms with Gasteiger partial charge in [-0.3, -0.25) is 9.59 Å². The Morgan fingerprint density at radius 3 is 2.31 bits per heavy atom. The fourth-order valence-electron chi connectivity index (χ4n) is 2.66. The second kappa shape index (κ2) is 8.16. The summed E-state index contributed by atoms with van der Waals surface area (Å²) < 4.78 is 5.66. The van der Waals surface area contributed by atoms with Crippen LogP contribution in [-0.2, 0) is 27.2 Å². The molecule has 0 saturated carbocycles. The van der Waals surface area contributed by atoms with Gasteiger partial charge in [-0.05, 0) is 55.7 Å². The van der Waals surface area contributed by atoms with Gasteiger partial charge in [-0.2, -0.15) is 0 Å². The van der Waals surface area contributed by atoms with Crippen molar-refractivity contribution >= 4 is 50.5 Å². The largest absolute Gasteiger partial charge is 0.481 e. The zero-order chi connectivity index (χ0) is 18.7. The highest BCUT2D eigenvalue weighted by molar-refractivity contribution is 9.11. The molecular weight excluding hydrogens is 436 g/mol. The Morgan fingerprint density at radius 1 is 1.04 bits per heavy atom. The molecule has 0 aliphatic carbocycles. The van der Waals surface area contributed by atoms with E-state index in [1.165, 1.54) is 18.4 Å². The molecule has 2 aromatic heterocycles. The maximum Gasteiger partial charge on any atom is 0.310 e. The Morgan fingerprint density at radius 2 is 1.69 bits per heavy atom. The molecule has 0 atom stereocenters. The van der Waals surface area contributed by atoms with Crippen LogP contribution in [0, 0.1) is 0 Å². The third kappa shape index (κ3) is 4.23. The Hall–Kier alpha value is -1.96. The van der Waals surface area contributed by atoms with Gasteiger partial charge in [-0.1, -0.05) is 24.3 Å². The number of esters is 1. The lowest BCUT2D eigenvalue weighted by molar-refractivity contribution is -0.140. The van der Waals surface area contributed by atoms with Crippen LogP contribution in [-0.4, -0.2) is 24.2 Å². The van der Waals surface area contributed by atoms with E-state index in [1.54, 1.807) is 11.3 Å². The number of carboxylic acid groups (broad SMARTS) is 1. The molecule has 134 valence electrons. The number of hydrogen-bond acceptors (Lipinski definition) is 5. The highest BCUT2D eigenvalue weighted by Gasteiger charge is 2.15. The molecule has 0 saturated heterocycles. The third-order valence-electron chi connectivity index (χ3n) is 3.84. The van der Waals surface area contributed by atoms with Crippen LogP contribution in [0.2, 0.25) is 0 Å². The lowest BCUT2D eigenvalue weighted by atomic mass is 10.0. The predicted octanol–water partition coefficient (Wildman–Crippen LogP) is 5.25. The molecule has 26 heavy (non-hydrogen) atoms. The average molecular weight is 451 g/mol. The second-order valence-corrected chi connectivity index (χ2v) is 8.93. The minimum atomic E-state index is -0.848. The van der Waals surface area contributed by atoms with Gasteiger partial charge in [0.2, 0.25) is 0 Å². The van der Waals surface area contributed by atoms with Crippen LogP contribution in [0.3, 0.4) is 0 Å². The fraction of sp³-hybridized carbons (Fsp3) is 0.158. The number of ether oxygens (including phenoxy) is 1. The topological polar surface area (TPSA) is 63.6 Å². The maximum atomic E-state index is 11.6. The molecule has 0 aliphatic heterocycles. The van der Waals surface area contributed by atoms with Gasteiger partial charge in [0.1, 0.15) is 0 Å².